The first-order valence-electron chi connectivity index (χ1n) is 7.37. The van der Waals surface area contributed by atoms with Crippen LogP contribution in [0.4, 0.5) is 0 Å². The highest BCUT2D eigenvalue weighted by Crippen LogP contribution is 2.26. The minimum absolute atomic E-state index is 0. The highest BCUT2D eigenvalue weighted by molar-refractivity contribution is 5.85. The van der Waals surface area contributed by atoms with Crippen molar-refractivity contribution in [1.82, 2.24) is 10.2 Å². The maximum atomic E-state index is 12.0. The third-order valence-electron chi connectivity index (χ3n) is 4.03. The van der Waals surface area contributed by atoms with Gasteiger partial charge in [0.25, 0.3) is 0 Å². The number of hydrogen-bond donors (Lipinski definition) is 2. The van der Waals surface area contributed by atoms with Gasteiger partial charge >= 0.3 is 0 Å². The summed E-state index contributed by atoms with van der Waals surface area (Å²) in [7, 11) is 2.12. The average molecular weight is 348 g/mol. The molecule has 0 aromatic heterocycles. The lowest BCUT2D eigenvalue weighted by atomic mass is 10.1. The molecule has 0 spiro atoms. The number of benzene rings is 1. The van der Waals surface area contributed by atoms with Crippen LogP contribution in [0.2, 0.25) is 0 Å². The van der Waals surface area contributed by atoms with E-state index in [9.17, 15) is 4.79 Å². The SMILES string of the molecule is CC(CNC(=O)C(N)Cc1ccccc1)N(C)C1CC1.Cl.Cl. The largest absolute Gasteiger partial charge is 0.353 e. The number of likely N-dealkylation sites (N-methyl/N-ethyl adjacent to an activating group) is 1. The van der Waals surface area contributed by atoms with E-state index in [-0.39, 0.29) is 30.7 Å². The van der Waals surface area contributed by atoms with Crippen LogP contribution in [0.15, 0.2) is 30.3 Å². The van der Waals surface area contributed by atoms with Crippen LogP contribution >= 0.6 is 24.8 Å². The molecule has 2 unspecified atom stereocenters. The maximum absolute atomic E-state index is 12.0. The topological polar surface area (TPSA) is 58.4 Å². The van der Waals surface area contributed by atoms with Crippen LogP contribution in [-0.2, 0) is 11.2 Å². The lowest BCUT2D eigenvalue weighted by Crippen LogP contribution is -2.47. The fourth-order valence-electron chi connectivity index (χ4n) is 2.33. The van der Waals surface area contributed by atoms with E-state index in [0.717, 1.165) is 5.56 Å². The third-order valence-corrected chi connectivity index (χ3v) is 4.03. The summed E-state index contributed by atoms with van der Waals surface area (Å²) >= 11 is 0. The number of rotatable bonds is 7. The van der Waals surface area contributed by atoms with Gasteiger partial charge < -0.3 is 11.1 Å². The van der Waals surface area contributed by atoms with Crippen molar-refractivity contribution in [3.05, 3.63) is 35.9 Å². The Morgan fingerprint density at radius 2 is 1.91 bits per heavy atom. The Bertz CT molecular complexity index is 440. The van der Waals surface area contributed by atoms with Crippen LogP contribution in [0.5, 0.6) is 0 Å². The molecule has 0 radical (unpaired) electrons. The van der Waals surface area contributed by atoms with Gasteiger partial charge in [-0.2, -0.15) is 0 Å². The van der Waals surface area contributed by atoms with Crippen LogP contribution in [0.25, 0.3) is 0 Å². The van der Waals surface area contributed by atoms with Gasteiger partial charge in [-0.1, -0.05) is 30.3 Å². The van der Waals surface area contributed by atoms with Gasteiger partial charge in [-0.15, -0.1) is 24.8 Å². The van der Waals surface area contributed by atoms with E-state index in [1.54, 1.807) is 0 Å². The molecule has 0 saturated heterocycles. The van der Waals surface area contributed by atoms with Crippen LogP contribution < -0.4 is 11.1 Å². The number of amides is 1. The van der Waals surface area contributed by atoms with Crippen molar-refractivity contribution in [2.75, 3.05) is 13.6 Å². The van der Waals surface area contributed by atoms with Gasteiger partial charge in [0.2, 0.25) is 5.91 Å². The van der Waals surface area contributed by atoms with Crippen LogP contribution in [-0.4, -0.2) is 42.5 Å². The van der Waals surface area contributed by atoms with Crippen molar-refractivity contribution in [2.45, 2.75) is 44.3 Å². The fraction of sp³-hybridized carbons (Fsp3) is 0.562. The van der Waals surface area contributed by atoms with Gasteiger partial charge in [-0.25, -0.2) is 0 Å². The monoisotopic (exact) mass is 347 g/mol. The molecule has 4 nitrogen and oxygen atoms in total. The number of nitrogens with zero attached hydrogens (tertiary/aromatic N) is 1. The van der Waals surface area contributed by atoms with Crippen molar-refractivity contribution >= 4 is 30.7 Å². The highest BCUT2D eigenvalue weighted by atomic mass is 35.5. The molecule has 1 aromatic rings. The number of carbonyl (C=O) groups is 1. The molecule has 1 amide bonds. The summed E-state index contributed by atoms with van der Waals surface area (Å²) < 4.78 is 0. The molecule has 1 aliphatic carbocycles. The van der Waals surface area contributed by atoms with Crippen molar-refractivity contribution < 1.29 is 4.79 Å². The van der Waals surface area contributed by atoms with E-state index in [1.807, 2.05) is 30.3 Å². The number of hydrogen-bond acceptors (Lipinski definition) is 3. The predicted octanol–water partition coefficient (Wildman–Crippen LogP) is 2.00. The standard InChI is InChI=1S/C16H25N3O.2ClH/c1-12(19(2)14-8-9-14)11-18-16(20)15(17)10-13-6-4-3-5-7-13;;/h3-7,12,14-15H,8-11,17H2,1-2H3,(H,18,20);2*1H. The minimum Gasteiger partial charge on any atom is -0.353 e. The molecule has 0 aliphatic heterocycles. The van der Waals surface area contributed by atoms with E-state index in [4.69, 9.17) is 5.73 Å². The van der Waals surface area contributed by atoms with Crippen molar-refractivity contribution in [2.24, 2.45) is 5.73 Å². The van der Waals surface area contributed by atoms with Gasteiger partial charge in [0.15, 0.2) is 0 Å². The average Bonchev–Trinajstić information content (AvgIpc) is 3.29. The summed E-state index contributed by atoms with van der Waals surface area (Å²) in [5, 5.41) is 2.96. The molecule has 3 N–H and O–H groups in total. The Morgan fingerprint density at radius 3 is 2.45 bits per heavy atom. The molecular weight excluding hydrogens is 321 g/mol. The summed E-state index contributed by atoms with van der Waals surface area (Å²) in [6, 6.07) is 10.5. The second-order valence-corrected chi connectivity index (χ2v) is 5.79. The summed E-state index contributed by atoms with van der Waals surface area (Å²) in [5.74, 6) is -0.0649. The van der Waals surface area contributed by atoms with Crippen LogP contribution in [0, 0.1) is 0 Å². The van der Waals surface area contributed by atoms with Crippen molar-refractivity contribution in [3.8, 4) is 0 Å². The van der Waals surface area contributed by atoms with E-state index >= 15 is 0 Å². The summed E-state index contributed by atoms with van der Waals surface area (Å²) in [6.45, 7) is 2.80. The molecule has 0 heterocycles. The van der Waals surface area contributed by atoms with E-state index in [2.05, 4.69) is 24.2 Å². The Kier molecular flexibility index (Phi) is 9.69. The molecule has 126 valence electrons. The first kappa shape index (κ1) is 21.2. The lowest BCUT2D eigenvalue weighted by molar-refractivity contribution is -0.122. The Labute approximate surface area is 145 Å². The maximum Gasteiger partial charge on any atom is 0.237 e. The summed E-state index contributed by atoms with van der Waals surface area (Å²) in [4.78, 5) is 14.3. The van der Waals surface area contributed by atoms with Crippen molar-refractivity contribution in [1.29, 1.82) is 0 Å². The quantitative estimate of drug-likeness (QED) is 0.792. The van der Waals surface area contributed by atoms with Crippen LogP contribution in [0.3, 0.4) is 0 Å². The summed E-state index contributed by atoms with van der Waals surface area (Å²) in [6.07, 6.45) is 3.14. The zero-order chi connectivity index (χ0) is 14.5. The van der Waals surface area contributed by atoms with Gasteiger partial charge in [0.1, 0.15) is 0 Å². The third kappa shape index (κ3) is 6.53. The van der Waals surface area contributed by atoms with E-state index in [1.165, 1.54) is 12.8 Å². The zero-order valence-corrected chi connectivity index (χ0v) is 14.8. The molecule has 22 heavy (non-hydrogen) atoms. The highest BCUT2D eigenvalue weighted by Gasteiger charge is 2.29. The Morgan fingerprint density at radius 1 is 1.32 bits per heavy atom. The van der Waals surface area contributed by atoms with Gasteiger partial charge in [-0.05, 0) is 38.8 Å². The molecule has 1 aliphatic rings. The number of nitrogens with two attached hydrogens (primary N) is 1. The van der Waals surface area contributed by atoms with Gasteiger partial charge in [0.05, 0.1) is 6.04 Å². The smallest absolute Gasteiger partial charge is 0.237 e. The molecule has 1 aromatic carbocycles. The number of carbonyl (C=O) groups excluding carboxylic acids is 1. The first-order valence-corrected chi connectivity index (χ1v) is 7.37. The molecular formula is C16H27Cl2N3O. The Balaban J connectivity index is 0.00000220. The normalized spacial score (nSPS) is 16.2. The number of halogens is 2. The predicted molar refractivity (Wildman–Crippen MR) is 95.9 cm³/mol. The molecule has 6 heteroatoms. The number of nitrogens with one attached hydrogen (secondary N) is 1. The molecule has 2 atom stereocenters. The fourth-order valence-corrected chi connectivity index (χ4v) is 2.33. The lowest BCUT2D eigenvalue weighted by Gasteiger charge is -2.25. The Hall–Kier alpha value is -0.810. The summed E-state index contributed by atoms with van der Waals surface area (Å²) in [5.41, 5.74) is 7.05. The van der Waals surface area contributed by atoms with E-state index < -0.39 is 6.04 Å². The first-order chi connectivity index (χ1) is 9.58. The van der Waals surface area contributed by atoms with Gasteiger partial charge in [-0.3, -0.25) is 9.69 Å². The second-order valence-electron chi connectivity index (χ2n) is 5.79. The van der Waals surface area contributed by atoms with Crippen LogP contribution in [0.1, 0.15) is 25.3 Å². The molecule has 1 fully saturated rings. The van der Waals surface area contributed by atoms with Gasteiger partial charge in [0, 0.05) is 18.6 Å². The molecule has 0 bridgehead atoms. The molecule has 2 rings (SSSR count). The zero-order valence-electron chi connectivity index (χ0n) is 13.2. The second kappa shape index (κ2) is 10.1. The molecule has 1 saturated carbocycles. The minimum atomic E-state index is -0.476. The van der Waals surface area contributed by atoms with E-state index in [0.29, 0.717) is 25.0 Å². The van der Waals surface area contributed by atoms with Crippen molar-refractivity contribution in [3.63, 3.8) is 0 Å².